The molecule has 1 unspecified atom stereocenters. The van der Waals surface area contributed by atoms with Gasteiger partial charge in [0.1, 0.15) is 29.6 Å². The van der Waals surface area contributed by atoms with Crippen LogP contribution in [0.3, 0.4) is 0 Å². The van der Waals surface area contributed by atoms with Crippen molar-refractivity contribution in [3.63, 3.8) is 0 Å². The molecule has 0 bridgehead atoms. The number of carbonyl (C=O) groups is 1. The molecule has 2 heterocycles. The van der Waals surface area contributed by atoms with E-state index < -0.39 is 17.7 Å². The van der Waals surface area contributed by atoms with E-state index in [0.29, 0.717) is 35.2 Å². The summed E-state index contributed by atoms with van der Waals surface area (Å²) in [5.74, 6) is 1.18. The van der Waals surface area contributed by atoms with Gasteiger partial charge in [0.2, 0.25) is 0 Å². The molecule has 31 heavy (non-hydrogen) atoms. The van der Waals surface area contributed by atoms with Crippen LogP contribution in [0.1, 0.15) is 34.8 Å². The molecule has 2 aromatic carbocycles. The Labute approximate surface area is 176 Å². The second-order valence-electron chi connectivity index (χ2n) is 7.36. The average Bonchev–Trinajstić information content (AvgIpc) is 3.28. The van der Waals surface area contributed by atoms with Gasteiger partial charge in [-0.15, -0.1) is 0 Å². The standard InChI is InChI=1S/C23H19F3O5/c1-13-15(8-20(31-13)14-2-4-17(5-3-14)23(24,25)26)11-29-18-6-7-19-16(9-22(27)28)12-30-21(19)10-18/h2-8,10,16H,9,11-12H2,1H3,(H,27,28). The van der Waals surface area contributed by atoms with Crippen LogP contribution in [0.2, 0.25) is 0 Å². The molecular weight excluding hydrogens is 413 g/mol. The van der Waals surface area contributed by atoms with Gasteiger partial charge in [0, 0.05) is 28.7 Å². The van der Waals surface area contributed by atoms with Gasteiger partial charge in [-0.1, -0.05) is 18.2 Å². The normalized spacial score (nSPS) is 15.4. The summed E-state index contributed by atoms with van der Waals surface area (Å²) in [6.45, 7) is 2.28. The average molecular weight is 432 g/mol. The fourth-order valence-corrected chi connectivity index (χ4v) is 3.52. The van der Waals surface area contributed by atoms with Gasteiger partial charge < -0.3 is 19.0 Å². The van der Waals surface area contributed by atoms with Crippen molar-refractivity contribution < 1.29 is 37.0 Å². The zero-order chi connectivity index (χ0) is 22.2. The molecule has 1 atom stereocenters. The molecule has 162 valence electrons. The molecule has 0 radical (unpaired) electrons. The molecule has 0 spiro atoms. The van der Waals surface area contributed by atoms with Crippen LogP contribution in [0.15, 0.2) is 52.9 Å². The summed E-state index contributed by atoms with van der Waals surface area (Å²) in [7, 11) is 0. The highest BCUT2D eigenvalue weighted by Gasteiger charge is 2.30. The molecule has 0 saturated heterocycles. The molecule has 0 aliphatic carbocycles. The molecule has 0 saturated carbocycles. The lowest BCUT2D eigenvalue weighted by Crippen LogP contribution is -2.07. The van der Waals surface area contributed by atoms with E-state index in [1.807, 2.05) is 0 Å². The second-order valence-corrected chi connectivity index (χ2v) is 7.36. The Kier molecular flexibility index (Phi) is 5.39. The number of halogens is 3. The van der Waals surface area contributed by atoms with E-state index >= 15 is 0 Å². The summed E-state index contributed by atoms with van der Waals surface area (Å²) in [6.07, 6.45) is -4.38. The number of alkyl halides is 3. The predicted molar refractivity (Wildman–Crippen MR) is 105 cm³/mol. The van der Waals surface area contributed by atoms with E-state index in [0.717, 1.165) is 23.3 Å². The van der Waals surface area contributed by atoms with Crippen molar-refractivity contribution in [2.75, 3.05) is 6.61 Å². The Morgan fingerprint density at radius 2 is 1.90 bits per heavy atom. The Balaban J connectivity index is 1.44. The second kappa shape index (κ2) is 8.02. The van der Waals surface area contributed by atoms with E-state index in [1.165, 1.54) is 12.1 Å². The molecule has 1 aromatic heterocycles. The lowest BCUT2D eigenvalue weighted by atomic mass is 9.98. The first-order chi connectivity index (χ1) is 14.7. The summed E-state index contributed by atoms with van der Waals surface area (Å²) in [5.41, 5.74) is 1.43. The van der Waals surface area contributed by atoms with Gasteiger partial charge >= 0.3 is 12.1 Å². The minimum absolute atomic E-state index is 0.00808. The number of aryl methyl sites for hydroxylation is 1. The Hall–Kier alpha value is -3.42. The van der Waals surface area contributed by atoms with Gasteiger partial charge in [-0.25, -0.2) is 0 Å². The number of hydrogen-bond donors (Lipinski definition) is 1. The van der Waals surface area contributed by atoms with Gasteiger partial charge in [0.05, 0.1) is 18.6 Å². The third-order valence-electron chi connectivity index (χ3n) is 5.20. The lowest BCUT2D eigenvalue weighted by Gasteiger charge is -2.08. The number of ether oxygens (including phenoxy) is 2. The van der Waals surface area contributed by atoms with E-state index in [-0.39, 0.29) is 18.9 Å². The van der Waals surface area contributed by atoms with Crippen molar-refractivity contribution >= 4 is 5.97 Å². The summed E-state index contributed by atoms with van der Waals surface area (Å²) < 4.78 is 55.3. The number of fused-ring (bicyclic) bond motifs is 1. The van der Waals surface area contributed by atoms with Crippen LogP contribution in [-0.2, 0) is 17.6 Å². The molecule has 1 N–H and O–H groups in total. The van der Waals surface area contributed by atoms with Crippen molar-refractivity contribution in [1.82, 2.24) is 0 Å². The maximum absolute atomic E-state index is 12.7. The van der Waals surface area contributed by atoms with Gasteiger partial charge in [0.15, 0.2) is 0 Å². The predicted octanol–water partition coefficient (Wildman–Crippen LogP) is 5.80. The van der Waals surface area contributed by atoms with E-state index in [1.54, 1.807) is 31.2 Å². The summed E-state index contributed by atoms with van der Waals surface area (Å²) in [5, 5.41) is 8.98. The molecule has 1 aliphatic rings. The van der Waals surface area contributed by atoms with Crippen LogP contribution in [0.25, 0.3) is 11.3 Å². The van der Waals surface area contributed by atoms with E-state index in [9.17, 15) is 18.0 Å². The lowest BCUT2D eigenvalue weighted by molar-refractivity contribution is -0.138. The smallest absolute Gasteiger partial charge is 0.416 e. The fourth-order valence-electron chi connectivity index (χ4n) is 3.52. The largest absolute Gasteiger partial charge is 0.492 e. The third-order valence-corrected chi connectivity index (χ3v) is 5.20. The van der Waals surface area contributed by atoms with Crippen LogP contribution in [-0.4, -0.2) is 17.7 Å². The first kappa shape index (κ1) is 20.8. The van der Waals surface area contributed by atoms with Crippen molar-refractivity contribution in [3.8, 4) is 22.8 Å². The van der Waals surface area contributed by atoms with Crippen LogP contribution >= 0.6 is 0 Å². The number of hydrogen-bond acceptors (Lipinski definition) is 4. The van der Waals surface area contributed by atoms with Gasteiger partial charge in [0.25, 0.3) is 0 Å². The summed E-state index contributed by atoms with van der Waals surface area (Å²) in [4.78, 5) is 10.9. The highest BCUT2D eigenvalue weighted by molar-refractivity contribution is 5.69. The molecule has 5 nitrogen and oxygen atoms in total. The minimum atomic E-state index is -4.39. The quantitative estimate of drug-likeness (QED) is 0.533. The Morgan fingerprint density at radius 3 is 2.58 bits per heavy atom. The van der Waals surface area contributed by atoms with Gasteiger partial charge in [-0.05, 0) is 31.2 Å². The molecule has 0 amide bonds. The monoisotopic (exact) mass is 432 g/mol. The maximum atomic E-state index is 12.7. The molecule has 3 aromatic rings. The molecular formula is C23H19F3O5. The van der Waals surface area contributed by atoms with Crippen LogP contribution in [0.4, 0.5) is 13.2 Å². The highest BCUT2D eigenvalue weighted by atomic mass is 19.4. The number of benzene rings is 2. The first-order valence-electron chi connectivity index (χ1n) is 9.59. The van der Waals surface area contributed by atoms with Crippen molar-refractivity contribution in [1.29, 1.82) is 0 Å². The number of aliphatic carboxylic acids is 1. The van der Waals surface area contributed by atoms with Gasteiger partial charge in [-0.2, -0.15) is 13.2 Å². The number of furan rings is 1. The fraction of sp³-hybridized carbons (Fsp3) is 0.261. The molecule has 1 aliphatic heterocycles. The first-order valence-corrected chi connectivity index (χ1v) is 9.59. The summed E-state index contributed by atoms with van der Waals surface area (Å²) >= 11 is 0. The van der Waals surface area contributed by atoms with Crippen molar-refractivity contribution in [2.24, 2.45) is 0 Å². The van der Waals surface area contributed by atoms with Crippen molar-refractivity contribution in [2.45, 2.75) is 32.0 Å². The third kappa shape index (κ3) is 4.52. The number of carboxylic acids is 1. The Bertz CT molecular complexity index is 1100. The summed E-state index contributed by atoms with van der Waals surface area (Å²) in [6, 6.07) is 11.8. The Morgan fingerprint density at radius 1 is 1.16 bits per heavy atom. The van der Waals surface area contributed by atoms with Crippen molar-refractivity contribution in [3.05, 3.63) is 71.0 Å². The van der Waals surface area contributed by atoms with E-state index in [2.05, 4.69) is 0 Å². The highest BCUT2D eigenvalue weighted by Crippen LogP contribution is 2.38. The maximum Gasteiger partial charge on any atom is 0.416 e. The van der Waals surface area contributed by atoms with Gasteiger partial charge in [-0.3, -0.25) is 4.79 Å². The van der Waals surface area contributed by atoms with E-state index in [4.69, 9.17) is 19.0 Å². The zero-order valence-electron chi connectivity index (χ0n) is 16.5. The SMILES string of the molecule is Cc1oc(-c2ccc(C(F)(F)F)cc2)cc1COc1ccc2c(c1)OCC2CC(=O)O. The molecule has 4 rings (SSSR count). The molecule has 0 fully saturated rings. The topological polar surface area (TPSA) is 68.9 Å². The van der Waals surface area contributed by atoms with Crippen LogP contribution in [0.5, 0.6) is 11.5 Å². The number of rotatable bonds is 6. The van der Waals surface area contributed by atoms with Crippen LogP contribution < -0.4 is 9.47 Å². The number of carboxylic acid groups (broad SMARTS) is 1. The molecule has 8 heteroatoms. The minimum Gasteiger partial charge on any atom is -0.492 e. The van der Waals surface area contributed by atoms with Crippen LogP contribution in [0, 0.1) is 6.92 Å². The zero-order valence-corrected chi connectivity index (χ0v) is 16.5.